The van der Waals surface area contributed by atoms with Crippen molar-refractivity contribution in [2.24, 2.45) is 5.92 Å². The third kappa shape index (κ3) is 6.12. The third-order valence-corrected chi connectivity index (χ3v) is 5.86. The lowest BCUT2D eigenvalue weighted by Crippen LogP contribution is -2.31. The highest BCUT2D eigenvalue weighted by atomic mass is 35.5. The number of benzene rings is 1. The standard InChI is InChI=1S/C17H29N3O4S.ClH/c1-6-20(7-2)25(22,23)16-11-14(9-10-15(16)24-8-3)19-17(21)13(4)12-18-5;/h9-11,13,18H,6-8,12H2,1-5H3,(H,19,21);1H. The van der Waals surface area contributed by atoms with Crippen LogP contribution in [0.2, 0.25) is 0 Å². The molecule has 0 heterocycles. The number of carbonyl (C=O) groups is 1. The van der Waals surface area contributed by atoms with E-state index in [1.807, 2.05) is 0 Å². The Morgan fingerprint density at radius 1 is 1.23 bits per heavy atom. The Kier molecular flexibility index (Phi) is 10.8. The van der Waals surface area contributed by atoms with Gasteiger partial charge in [0.2, 0.25) is 15.9 Å². The lowest BCUT2D eigenvalue weighted by atomic mass is 10.1. The van der Waals surface area contributed by atoms with E-state index in [9.17, 15) is 13.2 Å². The topological polar surface area (TPSA) is 87.7 Å². The van der Waals surface area contributed by atoms with Gasteiger partial charge in [0.15, 0.2) is 0 Å². The smallest absolute Gasteiger partial charge is 0.246 e. The maximum Gasteiger partial charge on any atom is 0.246 e. The van der Waals surface area contributed by atoms with Gasteiger partial charge in [-0.1, -0.05) is 20.8 Å². The van der Waals surface area contributed by atoms with Gasteiger partial charge >= 0.3 is 0 Å². The number of carbonyl (C=O) groups excluding carboxylic acids is 1. The van der Waals surface area contributed by atoms with E-state index in [0.29, 0.717) is 31.9 Å². The van der Waals surface area contributed by atoms with E-state index in [1.54, 1.807) is 46.9 Å². The number of halogens is 1. The minimum absolute atomic E-state index is 0. The molecule has 0 aromatic heterocycles. The molecule has 1 rings (SSSR count). The van der Waals surface area contributed by atoms with Crippen molar-refractivity contribution in [3.8, 4) is 5.75 Å². The van der Waals surface area contributed by atoms with Crippen molar-refractivity contribution < 1.29 is 17.9 Å². The summed E-state index contributed by atoms with van der Waals surface area (Å²) in [6.07, 6.45) is 0. The number of nitrogens with zero attached hydrogens (tertiary/aromatic N) is 1. The minimum Gasteiger partial charge on any atom is -0.492 e. The van der Waals surface area contributed by atoms with Gasteiger partial charge in [-0.2, -0.15) is 4.31 Å². The average Bonchev–Trinajstić information content (AvgIpc) is 2.57. The Hall–Kier alpha value is -1.35. The summed E-state index contributed by atoms with van der Waals surface area (Å²) in [5.74, 6) is -0.125. The Morgan fingerprint density at radius 3 is 2.35 bits per heavy atom. The number of rotatable bonds is 10. The van der Waals surface area contributed by atoms with Crippen LogP contribution in [0.1, 0.15) is 27.7 Å². The van der Waals surface area contributed by atoms with Crippen LogP contribution in [0.25, 0.3) is 0 Å². The fraction of sp³-hybridized carbons (Fsp3) is 0.588. The van der Waals surface area contributed by atoms with E-state index in [4.69, 9.17) is 4.74 Å². The lowest BCUT2D eigenvalue weighted by molar-refractivity contribution is -0.119. The molecule has 150 valence electrons. The van der Waals surface area contributed by atoms with E-state index in [-0.39, 0.29) is 34.9 Å². The molecular weight excluding hydrogens is 378 g/mol. The highest BCUT2D eigenvalue weighted by Gasteiger charge is 2.26. The van der Waals surface area contributed by atoms with Crippen molar-refractivity contribution in [3.05, 3.63) is 18.2 Å². The second-order valence-corrected chi connectivity index (χ2v) is 7.54. The third-order valence-electron chi connectivity index (χ3n) is 3.79. The fourth-order valence-corrected chi connectivity index (χ4v) is 4.04. The maximum atomic E-state index is 12.9. The van der Waals surface area contributed by atoms with E-state index < -0.39 is 10.0 Å². The maximum absolute atomic E-state index is 12.9. The zero-order chi connectivity index (χ0) is 19.0. The van der Waals surface area contributed by atoms with Crippen LogP contribution in [0, 0.1) is 5.92 Å². The predicted octanol–water partition coefficient (Wildman–Crippen LogP) is 2.33. The number of ether oxygens (including phenoxy) is 1. The number of sulfonamides is 1. The van der Waals surface area contributed by atoms with E-state index in [1.165, 1.54) is 10.4 Å². The molecule has 0 bridgehead atoms. The van der Waals surface area contributed by atoms with Gasteiger partial charge in [0.25, 0.3) is 0 Å². The number of hydrogen-bond donors (Lipinski definition) is 2. The average molecular weight is 408 g/mol. The van der Waals surface area contributed by atoms with Crippen LogP contribution in [0.15, 0.2) is 23.1 Å². The van der Waals surface area contributed by atoms with Gasteiger partial charge in [-0.25, -0.2) is 8.42 Å². The largest absolute Gasteiger partial charge is 0.492 e. The summed E-state index contributed by atoms with van der Waals surface area (Å²) in [5, 5.41) is 5.71. The van der Waals surface area contributed by atoms with Crippen molar-refractivity contribution in [3.63, 3.8) is 0 Å². The zero-order valence-corrected chi connectivity index (χ0v) is 17.7. The predicted molar refractivity (Wildman–Crippen MR) is 107 cm³/mol. The second kappa shape index (κ2) is 11.4. The van der Waals surface area contributed by atoms with Crippen LogP contribution in [0.4, 0.5) is 5.69 Å². The van der Waals surface area contributed by atoms with Gasteiger partial charge < -0.3 is 15.4 Å². The molecule has 7 nitrogen and oxygen atoms in total. The molecule has 1 atom stereocenters. The van der Waals surface area contributed by atoms with E-state index in [0.717, 1.165) is 0 Å². The normalized spacial score (nSPS) is 12.4. The van der Waals surface area contributed by atoms with Crippen molar-refractivity contribution in [1.29, 1.82) is 0 Å². The van der Waals surface area contributed by atoms with Gasteiger partial charge in [-0.15, -0.1) is 12.4 Å². The van der Waals surface area contributed by atoms with Crippen LogP contribution >= 0.6 is 12.4 Å². The van der Waals surface area contributed by atoms with Gasteiger partial charge in [-0.3, -0.25) is 4.79 Å². The second-order valence-electron chi connectivity index (χ2n) is 5.63. The number of anilines is 1. The number of amides is 1. The van der Waals surface area contributed by atoms with Crippen LogP contribution < -0.4 is 15.4 Å². The Balaban J connectivity index is 0.00000625. The molecule has 9 heteroatoms. The molecule has 0 saturated carbocycles. The van der Waals surface area contributed by atoms with Gasteiger partial charge in [0.05, 0.1) is 6.61 Å². The van der Waals surface area contributed by atoms with Crippen molar-refractivity contribution >= 4 is 34.0 Å². The first-order valence-corrected chi connectivity index (χ1v) is 9.98. The molecule has 0 fully saturated rings. The van der Waals surface area contributed by atoms with Crippen LogP contribution in [0.5, 0.6) is 5.75 Å². The van der Waals surface area contributed by atoms with E-state index in [2.05, 4.69) is 10.6 Å². The summed E-state index contributed by atoms with van der Waals surface area (Å²) in [5.41, 5.74) is 0.433. The first-order chi connectivity index (χ1) is 11.8. The molecule has 0 aliphatic rings. The molecule has 0 aliphatic heterocycles. The SMILES string of the molecule is CCOc1ccc(NC(=O)C(C)CNC)cc1S(=O)(=O)N(CC)CC.Cl. The van der Waals surface area contributed by atoms with Gasteiger partial charge in [-0.05, 0) is 32.2 Å². The zero-order valence-electron chi connectivity index (χ0n) is 16.0. The number of hydrogen-bond acceptors (Lipinski definition) is 5. The molecule has 1 aromatic carbocycles. The van der Waals surface area contributed by atoms with Crippen molar-refractivity contribution in [2.75, 3.05) is 38.6 Å². The van der Waals surface area contributed by atoms with Gasteiger partial charge in [0, 0.05) is 31.2 Å². The molecule has 0 aliphatic carbocycles. The molecule has 1 unspecified atom stereocenters. The highest BCUT2D eigenvalue weighted by molar-refractivity contribution is 7.89. The first-order valence-electron chi connectivity index (χ1n) is 8.54. The van der Waals surface area contributed by atoms with E-state index >= 15 is 0 Å². The molecule has 26 heavy (non-hydrogen) atoms. The monoisotopic (exact) mass is 407 g/mol. The number of nitrogens with one attached hydrogen (secondary N) is 2. The fourth-order valence-electron chi connectivity index (χ4n) is 2.43. The summed E-state index contributed by atoms with van der Waals surface area (Å²) in [6.45, 7) is 8.77. The quantitative estimate of drug-likeness (QED) is 0.621. The Bertz CT molecular complexity index is 679. The molecule has 0 radical (unpaired) electrons. The summed E-state index contributed by atoms with van der Waals surface area (Å²) in [7, 11) is -1.92. The molecule has 1 aromatic rings. The molecule has 0 saturated heterocycles. The summed E-state index contributed by atoms with van der Waals surface area (Å²) in [4.78, 5) is 12.2. The molecular formula is C17H30ClN3O4S. The van der Waals surface area contributed by atoms with Crippen molar-refractivity contribution in [1.82, 2.24) is 9.62 Å². The Labute approximate surface area is 162 Å². The van der Waals surface area contributed by atoms with Gasteiger partial charge in [0.1, 0.15) is 10.6 Å². The molecule has 1 amide bonds. The summed E-state index contributed by atoms with van der Waals surface area (Å²) >= 11 is 0. The Morgan fingerprint density at radius 2 is 1.85 bits per heavy atom. The van der Waals surface area contributed by atoms with Crippen LogP contribution in [-0.2, 0) is 14.8 Å². The summed E-state index contributed by atoms with van der Waals surface area (Å²) < 4.78 is 32.6. The first kappa shape index (κ1) is 24.7. The van der Waals surface area contributed by atoms with Crippen LogP contribution in [-0.4, -0.2) is 51.9 Å². The minimum atomic E-state index is -3.70. The summed E-state index contributed by atoms with van der Waals surface area (Å²) in [6, 6.07) is 4.69. The van der Waals surface area contributed by atoms with Crippen molar-refractivity contribution in [2.45, 2.75) is 32.6 Å². The molecule has 0 spiro atoms. The van der Waals surface area contributed by atoms with Crippen LogP contribution in [0.3, 0.4) is 0 Å². The molecule has 2 N–H and O–H groups in total. The lowest BCUT2D eigenvalue weighted by Gasteiger charge is -2.21. The highest BCUT2D eigenvalue weighted by Crippen LogP contribution is 2.30.